The van der Waals surface area contributed by atoms with Crippen molar-refractivity contribution in [2.24, 2.45) is 5.92 Å². The third-order valence-electron chi connectivity index (χ3n) is 3.59. The van der Waals surface area contributed by atoms with Gasteiger partial charge in [-0.25, -0.2) is 0 Å². The first kappa shape index (κ1) is 13.9. The van der Waals surface area contributed by atoms with Crippen molar-refractivity contribution in [3.8, 4) is 0 Å². The number of morpholine rings is 1. The van der Waals surface area contributed by atoms with Crippen molar-refractivity contribution < 1.29 is 4.74 Å². The van der Waals surface area contributed by atoms with E-state index in [1.807, 2.05) is 7.05 Å². The summed E-state index contributed by atoms with van der Waals surface area (Å²) >= 11 is 0. The van der Waals surface area contributed by atoms with Crippen LogP contribution in [0.3, 0.4) is 0 Å². The lowest BCUT2D eigenvalue weighted by Gasteiger charge is -2.44. The lowest BCUT2D eigenvalue weighted by molar-refractivity contribution is -0.0786. The van der Waals surface area contributed by atoms with Crippen LogP contribution >= 0.6 is 0 Å². The van der Waals surface area contributed by atoms with Crippen molar-refractivity contribution >= 4 is 0 Å². The van der Waals surface area contributed by atoms with E-state index < -0.39 is 0 Å². The van der Waals surface area contributed by atoms with E-state index >= 15 is 0 Å². The molecule has 1 saturated heterocycles. The summed E-state index contributed by atoms with van der Waals surface area (Å²) in [5, 5.41) is 3.32. The molecule has 3 unspecified atom stereocenters. The fourth-order valence-electron chi connectivity index (χ4n) is 2.57. The van der Waals surface area contributed by atoms with Gasteiger partial charge in [0.2, 0.25) is 0 Å². The quantitative estimate of drug-likeness (QED) is 0.775. The lowest BCUT2D eigenvalue weighted by atomic mass is 9.98. The molecule has 3 atom stereocenters. The molecule has 0 aromatic rings. The highest BCUT2D eigenvalue weighted by Crippen LogP contribution is 2.21. The van der Waals surface area contributed by atoms with E-state index in [1.165, 1.54) is 6.42 Å². The molecule has 0 spiro atoms. The fourth-order valence-corrected chi connectivity index (χ4v) is 2.57. The van der Waals surface area contributed by atoms with Gasteiger partial charge in [-0.2, -0.15) is 0 Å². The maximum Gasteiger partial charge on any atom is 0.0674 e. The number of rotatable bonds is 5. The van der Waals surface area contributed by atoms with Crippen LogP contribution in [0, 0.1) is 5.92 Å². The Morgan fingerprint density at radius 3 is 2.62 bits per heavy atom. The maximum atomic E-state index is 5.76. The number of ether oxygens (including phenoxy) is 1. The van der Waals surface area contributed by atoms with Gasteiger partial charge in [-0.05, 0) is 26.3 Å². The van der Waals surface area contributed by atoms with E-state index in [1.54, 1.807) is 0 Å². The van der Waals surface area contributed by atoms with Gasteiger partial charge in [0.1, 0.15) is 0 Å². The van der Waals surface area contributed by atoms with Crippen LogP contribution in [0.2, 0.25) is 0 Å². The first-order valence-electron chi connectivity index (χ1n) is 6.62. The summed E-state index contributed by atoms with van der Waals surface area (Å²) in [6.45, 7) is 12.1. The molecule has 16 heavy (non-hydrogen) atoms. The molecular formula is C13H28N2O. The van der Waals surface area contributed by atoms with Gasteiger partial charge in [0.25, 0.3) is 0 Å². The number of hydrogen-bond acceptors (Lipinski definition) is 3. The fraction of sp³-hybridized carbons (Fsp3) is 1.00. The largest absolute Gasteiger partial charge is 0.376 e. The number of likely N-dealkylation sites (N-methyl/N-ethyl adjacent to an activating group) is 1. The highest BCUT2D eigenvalue weighted by Gasteiger charge is 2.32. The molecule has 96 valence electrons. The Morgan fingerprint density at radius 2 is 2.12 bits per heavy atom. The Bertz CT molecular complexity index is 196. The van der Waals surface area contributed by atoms with Crippen LogP contribution in [-0.2, 0) is 4.74 Å². The number of hydrogen-bond donors (Lipinski definition) is 1. The SMILES string of the molecule is CCC1COC(C)CN1C(CNC)C(C)C. The van der Waals surface area contributed by atoms with Crippen LogP contribution in [0.4, 0.5) is 0 Å². The van der Waals surface area contributed by atoms with Gasteiger partial charge >= 0.3 is 0 Å². The molecule has 1 N–H and O–H groups in total. The van der Waals surface area contributed by atoms with Gasteiger partial charge in [-0.1, -0.05) is 20.8 Å². The molecule has 3 nitrogen and oxygen atoms in total. The van der Waals surface area contributed by atoms with E-state index in [2.05, 4.69) is 37.9 Å². The molecule has 0 aromatic carbocycles. The molecule has 1 aliphatic rings. The zero-order valence-electron chi connectivity index (χ0n) is 11.5. The maximum absolute atomic E-state index is 5.76. The Morgan fingerprint density at radius 1 is 1.44 bits per heavy atom. The number of nitrogens with zero attached hydrogens (tertiary/aromatic N) is 1. The molecule has 3 heteroatoms. The topological polar surface area (TPSA) is 24.5 Å². The number of nitrogens with one attached hydrogen (secondary N) is 1. The van der Waals surface area contributed by atoms with Gasteiger partial charge in [0.15, 0.2) is 0 Å². The standard InChI is InChI=1S/C13H28N2O/c1-6-12-9-16-11(4)8-15(12)13(7-14-5)10(2)3/h10-14H,6-9H2,1-5H3. The average Bonchev–Trinajstić information content (AvgIpc) is 2.25. The Hall–Kier alpha value is -0.120. The second kappa shape index (κ2) is 6.58. The van der Waals surface area contributed by atoms with E-state index in [4.69, 9.17) is 4.74 Å². The van der Waals surface area contributed by atoms with Gasteiger partial charge in [-0.3, -0.25) is 4.90 Å². The van der Waals surface area contributed by atoms with E-state index in [9.17, 15) is 0 Å². The smallest absolute Gasteiger partial charge is 0.0674 e. The summed E-state index contributed by atoms with van der Waals surface area (Å²) in [4.78, 5) is 2.65. The minimum absolute atomic E-state index is 0.376. The summed E-state index contributed by atoms with van der Waals surface area (Å²) < 4.78 is 5.76. The van der Waals surface area contributed by atoms with Crippen LogP contribution < -0.4 is 5.32 Å². The van der Waals surface area contributed by atoms with Crippen LogP contribution in [0.1, 0.15) is 34.1 Å². The zero-order valence-corrected chi connectivity index (χ0v) is 11.5. The van der Waals surface area contributed by atoms with Crippen LogP contribution in [0.5, 0.6) is 0 Å². The third-order valence-corrected chi connectivity index (χ3v) is 3.59. The predicted octanol–water partition coefficient (Wildman–Crippen LogP) is 1.73. The third kappa shape index (κ3) is 3.44. The molecule has 0 radical (unpaired) electrons. The summed E-state index contributed by atoms with van der Waals surface area (Å²) in [5.41, 5.74) is 0. The first-order chi connectivity index (χ1) is 7.60. The van der Waals surface area contributed by atoms with Gasteiger partial charge < -0.3 is 10.1 Å². The van der Waals surface area contributed by atoms with E-state index in [0.717, 1.165) is 19.7 Å². The van der Waals surface area contributed by atoms with Gasteiger partial charge in [-0.15, -0.1) is 0 Å². The molecule has 0 bridgehead atoms. The first-order valence-corrected chi connectivity index (χ1v) is 6.62. The van der Waals surface area contributed by atoms with Crippen LogP contribution in [0.15, 0.2) is 0 Å². The minimum Gasteiger partial charge on any atom is -0.376 e. The lowest BCUT2D eigenvalue weighted by Crippen LogP contribution is -2.57. The summed E-state index contributed by atoms with van der Waals surface area (Å²) in [5.74, 6) is 0.687. The van der Waals surface area contributed by atoms with E-state index in [-0.39, 0.29) is 0 Å². The zero-order chi connectivity index (χ0) is 12.1. The van der Waals surface area contributed by atoms with Gasteiger partial charge in [0.05, 0.1) is 12.7 Å². The average molecular weight is 228 g/mol. The molecule has 0 amide bonds. The normalized spacial score (nSPS) is 29.6. The van der Waals surface area contributed by atoms with Crippen molar-refractivity contribution in [2.45, 2.75) is 52.3 Å². The summed E-state index contributed by atoms with van der Waals surface area (Å²) in [6.07, 6.45) is 1.56. The van der Waals surface area contributed by atoms with Crippen molar-refractivity contribution in [3.63, 3.8) is 0 Å². The minimum atomic E-state index is 0.376. The Labute approximate surface area is 101 Å². The second-order valence-electron chi connectivity index (χ2n) is 5.27. The summed E-state index contributed by atoms with van der Waals surface area (Å²) in [6, 6.07) is 1.22. The molecule has 1 rings (SSSR count). The molecular weight excluding hydrogens is 200 g/mol. The second-order valence-corrected chi connectivity index (χ2v) is 5.27. The Balaban J connectivity index is 2.69. The van der Waals surface area contributed by atoms with Crippen LogP contribution in [0.25, 0.3) is 0 Å². The highest BCUT2D eigenvalue weighted by molar-refractivity contribution is 4.86. The van der Waals surface area contributed by atoms with Crippen LogP contribution in [-0.4, -0.2) is 49.8 Å². The molecule has 0 aliphatic carbocycles. The molecule has 0 saturated carbocycles. The van der Waals surface area contributed by atoms with E-state index in [0.29, 0.717) is 24.1 Å². The molecule has 1 fully saturated rings. The van der Waals surface area contributed by atoms with Gasteiger partial charge in [0, 0.05) is 25.2 Å². The van der Waals surface area contributed by atoms with Crippen molar-refractivity contribution in [2.75, 3.05) is 26.7 Å². The summed E-state index contributed by atoms with van der Waals surface area (Å²) in [7, 11) is 2.04. The highest BCUT2D eigenvalue weighted by atomic mass is 16.5. The molecule has 1 aliphatic heterocycles. The molecule has 0 aromatic heterocycles. The van der Waals surface area contributed by atoms with Crippen molar-refractivity contribution in [3.05, 3.63) is 0 Å². The monoisotopic (exact) mass is 228 g/mol. The van der Waals surface area contributed by atoms with Crippen molar-refractivity contribution in [1.82, 2.24) is 10.2 Å². The Kier molecular flexibility index (Phi) is 5.73. The predicted molar refractivity (Wildman–Crippen MR) is 68.8 cm³/mol. The molecule has 1 heterocycles. The van der Waals surface area contributed by atoms with Crippen molar-refractivity contribution in [1.29, 1.82) is 0 Å².